The molecule has 2 aromatic carbocycles. The first-order valence-corrected chi connectivity index (χ1v) is 6.27. The lowest BCUT2D eigenvalue weighted by molar-refractivity contribution is 0.534. The number of halogens is 1. The second-order valence-electron chi connectivity index (χ2n) is 4.38. The molecule has 0 unspecified atom stereocenters. The lowest BCUT2D eigenvalue weighted by Crippen LogP contribution is -2.17. The van der Waals surface area contributed by atoms with Gasteiger partial charge < -0.3 is 5.32 Å². The zero-order valence-corrected chi connectivity index (χ0v) is 10.6. The third-order valence-electron chi connectivity index (χ3n) is 3.21. The van der Waals surface area contributed by atoms with E-state index in [2.05, 4.69) is 17.4 Å². The molecule has 2 aromatic rings. The Hall–Kier alpha value is -1.67. The van der Waals surface area contributed by atoms with E-state index >= 15 is 0 Å². The first-order chi connectivity index (χ1) is 8.81. The van der Waals surface area contributed by atoms with Gasteiger partial charge in [0, 0.05) is 6.04 Å². The molecule has 1 atom stereocenters. The molecule has 1 nitrogen and oxygen atoms in total. The minimum Gasteiger partial charge on any atom is -0.313 e. The van der Waals surface area contributed by atoms with Gasteiger partial charge >= 0.3 is 0 Å². The highest BCUT2D eigenvalue weighted by Crippen LogP contribution is 2.19. The van der Waals surface area contributed by atoms with Gasteiger partial charge in [-0.1, -0.05) is 48.5 Å². The summed E-state index contributed by atoms with van der Waals surface area (Å²) >= 11 is 0. The van der Waals surface area contributed by atoms with Crippen molar-refractivity contribution in [3.8, 4) is 0 Å². The average Bonchev–Trinajstić information content (AvgIpc) is 2.42. The van der Waals surface area contributed by atoms with Crippen molar-refractivity contribution in [2.24, 2.45) is 0 Å². The molecule has 0 fully saturated rings. The summed E-state index contributed by atoms with van der Waals surface area (Å²) in [4.78, 5) is 0. The molecule has 0 aliphatic rings. The topological polar surface area (TPSA) is 12.0 Å². The van der Waals surface area contributed by atoms with Crippen LogP contribution in [0, 0.1) is 5.82 Å². The predicted molar refractivity (Wildman–Crippen MR) is 73.0 cm³/mol. The molecule has 0 spiro atoms. The van der Waals surface area contributed by atoms with Crippen molar-refractivity contribution < 1.29 is 4.39 Å². The normalized spacial score (nSPS) is 12.3. The molecule has 0 aromatic heterocycles. The van der Waals surface area contributed by atoms with Gasteiger partial charge in [0.05, 0.1) is 0 Å². The maximum absolute atomic E-state index is 13.5. The number of nitrogens with one attached hydrogen (secondary N) is 1. The Morgan fingerprint density at radius 3 is 2.33 bits per heavy atom. The highest BCUT2D eigenvalue weighted by Gasteiger charge is 2.10. The van der Waals surface area contributed by atoms with Crippen LogP contribution in [0.4, 0.5) is 4.39 Å². The molecular weight excluding hydrogens is 225 g/mol. The van der Waals surface area contributed by atoms with Crippen LogP contribution in [0.2, 0.25) is 0 Å². The Labute approximate surface area is 108 Å². The first kappa shape index (κ1) is 12.8. The van der Waals surface area contributed by atoms with Gasteiger partial charge in [0.2, 0.25) is 0 Å². The SMILES string of the molecule is CN[C@H](CCc1ccccc1F)c1ccccc1. The molecule has 1 N–H and O–H groups in total. The van der Waals surface area contributed by atoms with E-state index < -0.39 is 0 Å². The maximum Gasteiger partial charge on any atom is 0.126 e. The average molecular weight is 243 g/mol. The number of hydrogen-bond donors (Lipinski definition) is 1. The highest BCUT2D eigenvalue weighted by atomic mass is 19.1. The Bertz CT molecular complexity index is 481. The van der Waals surface area contributed by atoms with Crippen molar-refractivity contribution in [1.82, 2.24) is 5.32 Å². The third-order valence-corrected chi connectivity index (χ3v) is 3.21. The van der Waals surface area contributed by atoms with Crippen LogP contribution in [0.3, 0.4) is 0 Å². The number of aryl methyl sites for hydroxylation is 1. The summed E-state index contributed by atoms with van der Waals surface area (Å²) < 4.78 is 13.5. The maximum atomic E-state index is 13.5. The molecule has 0 saturated heterocycles. The van der Waals surface area contributed by atoms with Gasteiger partial charge in [-0.15, -0.1) is 0 Å². The van der Waals surface area contributed by atoms with Crippen molar-refractivity contribution in [3.05, 3.63) is 71.5 Å². The standard InChI is InChI=1S/C16H18FN/c1-18-16(14-8-3-2-4-9-14)12-11-13-7-5-6-10-15(13)17/h2-10,16,18H,11-12H2,1H3/t16-/m1/s1. The van der Waals surface area contributed by atoms with Gasteiger partial charge in [0.15, 0.2) is 0 Å². The first-order valence-electron chi connectivity index (χ1n) is 6.27. The monoisotopic (exact) mass is 243 g/mol. The van der Waals surface area contributed by atoms with E-state index in [1.165, 1.54) is 11.6 Å². The quantitative estimate of drug-likeness (QED) is 0.844. The van der Waals surface area contributed by atoms with Gasteiger partial charge in [-0.05, 0) is 37.1 Å². The van der Waals surface area contributed by atoms with E-state index in [0.29, 0.717) is 0 Å². The molecular formula is C16H18FN. The lowest BCUT2D eigenvalue weighted by atomic mass is 9.99. The Kier molecular flexibility index (Phi) is 4.48. The smallest absolute Gasteiger partial charge is 0.126 e. The van der Waals surface area contributed by atoms with Crippen molar-refractivity contribution in [1.29, 1.82) is 0 Å². The molecule has 94 valence electrons. The fourth-order valence-corrected chi connectivity index (χ4v) is 2.16. The molecule has 0 aliphatic heterocycles. The molecule has 2 rings (SSSR count). The van der Waals surface area contributed by atoms with Gasteiger partial charge in [0.25, 0.3) is 0 Å². The van der Waals surface area contributed by atoms with E-state index in [0.717, 1.165) is 18.4 Å². The van der Waals surface area contributed by atoms with E-state index in [1.807, 2.05) is 37.4 Å². The van der Waals surface area contributed by atoms with Crippen molar-refractivity contribution in [2.75, 3.05) is 7.05 Å². The minimum absolute atomic E-state index is 0.111. The Balaban J connectivity index is 2.02. The Morgan fingerprint density at radius 1 is 1.00 bits per heavy atom. The number of benzene rings is 2. The van der Waals surface area contributed by atoms with E-state index in [-0.39, 0.29) is 11.9 Å². The van der Waals surface area contributed by atoms with Crippen LogP contribution in [0.1, 0.15) is 23.6 Å². The van der Waals surface area contributed by atoms with Crippen LogP contribution in [0.15, 0.2) is 54.6 Å². The number of hydrogen-bond acceptors (Lipinski definition) is 1. The van der Waals surface area contributed by atoms with Crippen LogP contribution in [0.5, 0.6) is 0 Å². The van der Waals surface area contributed by atoms with Gasteiger partial charge in [0.1, 0.15) is 5.82 Å². The van der Waals surface area contributed by atoms with Gasteiger partial charge in [-0.2, -0.15) is 0 Å². The van der Waals surface area contributed by atoms with Crippen molar-refractivity contribution >= 4 is 0 Å². The van der Waals surface area contributed by atoms with Crippen LogP contribution in [-0.2, 0) is 6.42 Å². The molecule has 0 aliphatic carbocycles. The number of rotatable bonds is 5. The molecule has 2 heteroatoms. The summed E-state index contributed by atoms with van der Waals surface area (Å²) in [6.45, 7) is 0. The third kappa shape index (κ3) is 3.17. The van der Waals surface area contributed by atoms with Crippen LogP contribution >= 0.6 is 0 Å². The van der Waals surface area contributed by atoms with E-state index in [9.17, 15) is 4.39 Å². The van der Waals surface area contributed by atoms with Crippen LogP contribution < -0.4 is 5.32 Å². The molecule has 0 radical (unpaired) electrons. The molecule has 0 heterocycles. The summed E-state index contributed by atoms with van der Waals surface area (Å²) in [6, 6.07) is 17.5. The van der Waals surface area contributed by atoms with Gasteiger partial charge in [-0.3, -0.25) is 0 Å². The van der Waals surface area contributed by atoms with Crippen LogP contribution in [-0.4, -0.2) is 7.05 Å². The fourth-order valence-electron chi connectivity index (χ4n) is 2.16. The fraction of sp³-hybridized carbons (Fsp3) is 0.250. The van der Waals surface area contributed by atoms with E-state index in [4.69, 9.17) is 0 Å². The molecule has 0 amide bonds. The molecule has 18 heavy (non-hydrogen) atoms. The second kappa shape index (κ2) is 6.31. The van der Waals surface area contributed by atoms with Gasteiger partial charge in [-0.25, -0.2) is 4.39 Å². The minimum atomic E-state index is -0.111. The molecule has 0 saturated carbocycles. The Morgan fingerprint density at radius 2 is 1.67 bits per heavy atom. The zero-order chi connectivity index (χ0) is 12.8. The summed E-state index contributed by atoms with van der Waals surface area (Å²) in [5.41, 5.74) is 2.03. The summed E-state index contributed by atoms with van der Waals surface area (Å²) in [5, 5.41) is 3.29. The predicted octanol–water partition coefficient (Wildman–Crippen LogP) is 3.72. The lowest BCUT2D eigenvalue weighted by Gasteiger charge is -2.16. The largest absolute Gasteiger partial charge is 0.313 e. The molecule has 0 bridgehead atoms. The van der Waals surface area contributed by atoms with Crippen LogP contribution in [0.25, 0.3) is 0 Å². The highest BCUT2D eigenvalue weighted by molar-refractivity contribution is 5.21. The summed E-state index contributed by atoms with van der Waals surface area (Å²) in [6.07, 6.45) is 1.63. The van der Waals surface area contributed by atoms with Crippen molar-refractivity contribution in [3.63, 3.8) is 0 Å². The van der Waals surface area contributed by atoms with Crippen molar-refractivity contribution in [2.45, 2.75) is 18.9 Å². The summed E-state index contributed by atoms with van der Waals surface area (Å²) in [5.74, 6) is -0.111. The van der Waals surface area contributed by atoms with E-state index in [1.54, 1.807) is 6.07 Å². The zero-order valence-electron chi connectivity index (χ0n) is 10.6. The summed E-state index contributed by atoms with van der Waals surface area (Å²) in [7, 11) is 1.94. The second-order valence-corrected chi connectivity index (χ2v) is 4.38.